The number of anilines is 3. The summed E-state index contributed by atoms with van der Waals surface area (Å²) in [6.07, 6.45) is 4.71. The van der Waals surface area contributed by atoms with Crippen molar-refractivity contribution >= 4 is 23.2 Å². The van der Waals surface area contributed by atoms with Crippen molar-refractivity contribution in [3.63, 3.8) is 0 Å². The van der Waals surface area contributed by atoms with Crippen molar-refractivity contribution in [3.05, 3.63) is 54.1 Å². The van der Waals surface area contributed by atoms with Gasteiger partial charge in [-0.1, -0.05) is 0 Å². The molecular formula is C26H27FN8O2. The minimum Gasteiger partial charge on any atom is -0.379 e. The van der Waals surface area contributed by atoms with Crippen molar-refractivity contribution in [1.82, 2.24) is 24.8 Å². The van der Waals surface area contributed by atoms with Crippen LogP contribution in [-0.2, 0) is 16.0 Å². The Morgan fingerprint density at radius 2 is 2.03 bits per heavy atom. The molecule has 3 aromatic heterocycles. The number of nitrogens with one attached hydrogen (secondary N) is 1. The molecule has 3 aromatic rings. The van der Waals surface area contributed by atoms with Crippen LogP contribution in [0.1, 0.15) is 17.7 Å². The van der Waals surface area contributed by atoms with E-state index in [1.54, 1.807) is 35.6 Å². The molecule has 1 N–H and O–H groups in total. The van der Waals surface area contributed by atoms with E-state index in [9.17, 15) is 14.4 Å². The molecule has 11 heteroatoms. The summed E-state index contributed by atoms with van der Waals surface area (Å²) >= 11 is 0. The summed E-state index contributed by atoms with van der Waals surface area (Å²) in [5.41, 5.74) is 3.01. The topological polar surface area (TPSA) is 120 Å². The van der Waals surface area contributed by atoms with Crippen LogP contribution < -0.4 is 10.2 Å². The van der Waals surface area contributed by atoms with E-state index in [1.807, 2.05) is 12.1 Å². The largest absolute Gasteiger partial charge is 0.379 e. The van der Waals surface area contributed by atoms with E-state index in [2.05, 4.69) is 36.2 Å². The van der Waals surface area contributed by atoms with Crippen LogP contribution in [0.5, 0.6) is 0 Å². The average molecular weight is 503 g/mol. The predicted octanol–water partition coefficient (Wildman–Crippen LogP) is 2.54. The monoisotopic (exact) mass is 502 g/mol. The van der Waals surface area contributed by atoms with Gasteiger partial charge in [-0.25, -0.2) is 19.3 Å². The number of carbonyl (C=O) groups is 1. The Kier molecular flexibility index (Phi) is 7.58. The van der Waals surface area contributed by atoms with Gasteiger partial charge in [0.15, 0.2) is 5.78 Å². The number of nitrogens with zero attached hydrogens (tertiary/aromatic N) is 7. The molecule has 10 nitrogen and oxygen atoms in total. The van der Waals surface area contributed by atoms with Crippen LogP contribution in [0.15, 0.2) is 42.9 Å². The summed E-state index contributed by atoms with van der Waals surface area (Å²) in [5, 5.41) is 12.8. The van der Waals surface area contributed by atoms with Crippen molar-refractivity contribution < 1.29 is 13.9 Å². The lowest BCUT2D eigenvalue weighted by Gasteiger charge is -2.25. The molecule has 0 unspecified atom stereocenters. The number of morpholine rings is 1. The first-order valence-electron chi connectivity index (χ1n) is 12.2. The van der Waals surface area contributed by atoms with Gasteiger partial charge in [0, 0.05) is 43.3 Å². The molecule has 5 rings (SSSR count). The Morgan fingerprint density at radius 1 is 1.16 bits per heavy atom. The van der Waals surface area contributed by atoms with Crippen LogP contribution in [0.3, 0.4) is 0 Å². The number of carbonyl (C=O) groups excluding carboxylic acids is 1. The molecule has 2 fully saturated rings. The van der Waals surface area contributed by atoms with Crippen molar-refractivity contribution in [1.29, 1.82) is 5.26 Å². The number of Topliss-reactive ketones (excluding diaryl/α,β-unsaturated/α-hetero) is 1. The lowest BCUT2D eigenvalue weighted by atomic mass is 10.1. The second kappa shape index (κ2) is 11.4. The molecule has 0 spiro atoms. The van der Waals surface area contributed by atoms with Gasteiger partial charge in [-0.05, 0) is 30.7 Å². The summed E-state index contributed by atoms with van der Waals surface area (Å²) in [6, 6.07) is 9.26. The van der Waals surface area contributed by atoms with Gasteiger partial charge in [0.2, 0.25) is 5.95 Å². The molecule has 2 aliphatic heterocycles. The van der Waals surface area contributed by atoms with Crippen LogP contribution in [-0.4, -0.2) is 82.7 Å². The number of ether oxygens (including phenoxy) is 1. The average Bonchev–Trinajstić information content (AvgIpc) is 3.36. The maximum Gasteiger partial charge on any atom is 0.227 e. The van der Waals surface area contributed by atoms with Gasteiger partial charge in [-0.2, -0.15) is 5.26 Å². The predicted molar refractivity (Wildman–Crippen MR) is 135 cm³/mol. The minimum absolute atomic E-state index is 0.122. The van der Waals surface area contributed by atoms with Crippen LogP contribution in [0.4, 0.5) is 21.8 Å². The van der Waals surface area contributed by atoms with Gasteiger partial charge >= 0.3 is 0 Å². The zero-order valence-corrected chi connectivity index (χ0v) is 20.3. The summed E-state index contributed by atoms with van der Waals surface area (Å²) in [4.78, 5) is 33.9. The van der Waals surface area contributed by atoms with Gasteiger partial charge < -0.3 is 15.0 Å². The summed E-state index contributed by atoms with van der Waals surface area (Å²) in [6.45, 7) is 4.07. The second-order valence-electron chi connectivity index (χ2n) is 9.07. The van der Waals surface area contributed by atoms with Crippen LogP contribution in [0.25, 0.3) is 11.3 Å². The van der Waals surface area contributed by atoms with E-state index in [1.165, 1.54) is 0 Å². The Bertz CT molecular complexity index is 1290. The van der Waals surface area contributed by atoms with Crippen molar-refractivity contribution in [2.75, 3.05) is 56.2 Å². The first-order chi connectivity index (χ1) is 18.1. The Labute approximate surface area is 214 Å². The first kappa shape index (κ1) is 24.7. The van der Waals surface area contributed by atoms with Crippen molar-refractivity contribution in [2.24, 2.45) is 0 Å². The summed E-state index contributed by atoms with van der Waals surface area (Å²) < 4.78 is 18.9. The van der Waals surface area contributed by atoms with Gasteiger partial charge in [-0.15, -0.1) is 0 Å². The Morgan fingerprint density at radius 3 is 2.76 bits per heavy atom. The van der Waals surface area contributed by atoms with Crippen molar-refractivity contribution in [2.45, 2.75) is 19.0 Å². The second-order valence-corrected chi connectivity index (χ2v) is 9.07. The maximum absolute atomic E-state index is 13.6. The number of nitriles is 1. The normalized spacial score (nSPS) is 17.9. The van der Waals surface area contributed by atoms with E-state index in [0.717, 1.165) is 13.1 Å². The molecule has 37 heavy (non-hydrogen) atoms. The minimum atomic E-state index is -0.900. The van der Waals surface area contributed by atoms with Crippen LogP contribution in [0, 0.1) is 11.3 Å². The van der Waals surface area contributed by atoms with E-state index >= 15 is 0 Å². The number of rotatable bonds is 8. The highest BCUT2D eigenvalue weighted by molar-refractivity contribution is 5.82. The lowest BCUT2D eigenvalue weighted by Crippen LogP contribution is -2.39. The Hall–Kier alpha value is -4.01. The molecule has 2 aliphatic rings. The third-order valence-electron chi connectivity index (χ3n) is 6.33. The number of alkyl halides is 1. The van der Waals surface area contributed by atoms with Crippen LogP contribution >= 0.6 is 0 Å². The van der Waals surface area contributed by atoms with Gasteiger partial charge in [-0.3, -0.25) is 14.7 Å². The molecule has 5 heterocycles. The maximum atomic E-state index is 13.6. The SMILES string of the molecule is N#Cc1cc(-c2ccnc(Nc3ccc(CC(=O)CN4CCOCC4)nc3)n2)cnc1N1CC[C@@H](F)C1. The highest BCUT2D eigenvalue weighted by Crippen LogP contribution is 2.27. The highest BCUT2D eigenvalue weighted by Gasteiger charge is 2.25. The zero-order valence-electron chi connectivity index (χ0n) is 20.3. The third kappa shape index (κ3) is 6.22. The van der Waals surface area contributed by atoms with Gasteiger partial charge in [0.1, 0.15) is 18.1 Å². The van der Waals surface area contributed by atoms with Gasteiger partial charge in [0.05, 0.1) is 55.9 Å². The molecule has 0 bridgehead atoms. The van der Waals surface area contributed by atoms with E-state index in [0.29, 0.717) is 72.7 Å². The molecule has 0 aliphatic carbocycles. The highest BCUT2D eigenvalue weighted by atomic mass is 19.1. The molecule has 2 saturated heterocycles. The van der Waals surface area contributed by atoms with E-state index < -0.39 is 6.17 Å². The Balaban J connectivity index is 1.23. The number of aromatic nitrogens is 4. The van der Waals surface area contributed by atoms with E-state index in [-0.39, 0.29) is 18.7 Å². The van der Waals surface area contributed by atoms with E-state index in [4.69, 9.17) is 4.74 Å². The summed E-state index contributed by atoms with van der Waals surface area (Å²) in [7, 11) is 0. The fourth-order valence-corrected chi connectivity index (χ4v) is 4.42. The van der Waals surface area contributed by atoms with Crippen molar-refractivity contribution in [3.8, 4) is 17.3 Å². The molecule has 0 aromatic carbocycles. The quantitative estimate of drug-likeness (QED) is 0.492. The molecule has 190 valence electrons. The number of halogens is 1. The fraction of sp³-hybridized carbons (Fsp3) is 0.385. The molecule has 0 saturated carbocycles. The molecule has 1 atom stereocenters. The molecular weight excluding hydrogens is 475 g/mol. The van der Waals surface area contributed by atoms with Gasteiger partial charge in [0.25, 0.3) is 0 Å². The third-order valence-corrected chi connectivity index (χ3v) is 6.33. The summed E-state index contributed by atoms with van der Waals surface area (Å²) in [5.74, 6) is 0.975. The zero-order chi connectivity index (χ0) is 25.6. The number of ketones is 1. The van der Waals surface area contributed by atoms with Crippen LogP contribution in [0.2, 0.25) is 0 Å². The first-order valence-corrected chi connectivity index (χ1v) is 12.2. The number of pyridine rings is 2. The number of hydrogen-bond acceptors (Lipinski definition) is 10. The molecule has 0 radical (unpaired) electrons. The lowest BCUT2D eigenvalue weighted by molar-refractivity contribution is -0.120. The smallest absolute Gasteiger partial charge is 0.227 e. The fourth-order valence-electron chi connectivity index (χ4n) is 4.42. The number of hydrogen-bond donors (Lipinski definition) is 1. The standard InChI is InChI=1S/C26H27FN8O2/c27-20-4-6-35(16-20)25-18(13-28)11-19(14-31-25)24-3-5-29-26(33-24)32-22-2-1-21(30-15-22)12-23(36)17-34-7-9-37-10-8-34/h1-3,5,11,14-15,20H,4,6-10,12,16-17H2,(H,29,32,33)/t20-/m1/s1. The molecule has 0 amide bonds.